The number of ether oxygens (including phenoxy) is 1. The van der Waals surface area contributed by atoms with Gasteiger partial charge in [-0.2, -0.15) is 0 Å². The van der Waals surface area contributed by atoms with Crippen LogP contribution in [0.4, 0.5) is 0 Å². The molecule has 0 aromatic heterocycles. The first-order valence-electron chi connectivity index (χ1n) is 11.4. The molecule has 2 aliphatic heterocycles. The first kappa shape index (κ1) is 20.4. The molecule has 2 saturated heterocycles. The van der Waals surface area contributed by atoms with E-state index in [1.807, 2.05) is 4.90 Å². The van der Waals surface area contributed by atoms with Crippen LogP contribution in [0.3, 0.4) is 0 Å². The maximum atomic E-state index is 13.0. The van der Waals surface area contributed by atoms with Crippen molar-refractivity contribution in [2.75, 3.05) is 39.4 Å². The molecular formula is C24H34N2O3. The van der Waals surface area contributed by atoms with Gasteiger partial charge in [0.1, 0.15) is 0 Å². The van der Waals surface area contributed by atoms with Gasteiger partial charge in [-0.1, -0.05) is 30.3 Å². The summed E-state index contributed by atoms with van der Waals surface area (Å²) in [7, 11) is 0. The fourth-order valence-electron chi connectivity index (χ4n) is 5.19. The van der Waals surface area contributed by atoms with Crippen molar-refractivity contribution in [2.24, 2.45) is 17.8 Å². The van der Waals surface area contributed by atoms with Crippen LogP contribution in [-0.4, -0.2) is 61.0 Å². The Kier molecular flexibility index (Phi) is 6.86. The van der Waals surface area contributed by atoms with E-state index in [1.54, 1.807) is 0 Å². The third-order valence-electron chi connectivity index (χ3n) is 7.04. The van der Waals surface area contributed by atoms with Gasteiger partial charge in [0.05, 0.1) is 13.2 Å². The van der Waals surface area contributed by atoms with E-state index in [4.69, 9.17) is 4.74 Å². The fourth-order valence-corrected chi connectivity index (χ4v) is 5.19. The van der Waals surface area contributed by atoms with E-state index < -0.39 is 0 Å². The lowest BCUT2D eigenvalue weighted by Crippen LogP contribution is -2.46. The number of hydrogen-bond acceptors (Lipinski definition) is 3. The molecule has 0 radical (unpaired) electrons. The van der Waals surface area contributed by atoms with E-state index >= 15 is 0 Å². The molecule has 0 N–H and O–H groups in total. The van der Waals surface area contributed by atoms with E-state index in [9.17, 15) is 9.59 Å². The summed E-state index contributed by atoms with van der Waals surface area (Å²) in [5.74, 6) is 1.52. The molecule has 3 fully saturated rings. The summed E-state index contributed by atoms with van der Waals surface area (Å²) in [6, 6.07) is 10.7. The smallest absolute Gasteiger partial charge is 0.225 e. The van der Waals surface area contributed by atoms with E-state index in [-0.39, 0.29) is 17.7 Å². The van der Waals surface area contributed by atoms with Gasteiger partial charge < -0.3 is 14.5 Å². The lowest BCUT2D eigenvalue weighted by molar-refractivity contribution is -0.144. The van der Waals surface area contributed by atoms with Crippen LogP contribution in [0.1, 0.15) is 44.1 Å². The predicted molar refractivity (Wildman–Crippen MR) is 112 cm³/mol. The number of piperidine rings is 1. The molecule has 0 unspecified atom stereocenters. The molecule has 1 aromatic rings. The van der Waals surface area contributed by atoms with Crippen LogP contribution in [0, 0.1) is 17.8 Å². The van der Waals surface area contributed by atoms with Gasteiger partial charge in [-0.05, 0) is 56.4 Å². The monoisotopic (exact) mass is 398 g/mol. The summed E-state index contributed by atoms with van der Waals surface area (Å²) in [6.45, 7) is 4.52. The lowest BCUT2D eigenvalue weighted by atomic mass is 9.80. The van der Waals surface area contributed by atoms with Crippen molar-refractivity contribution in [3.63, 3.8) is 0 Å². The Bertz CT molecular complexity index is 671. The highest BCUT2D eigenvalue weighted by Gasteiger charge is 2.35. The molecule has 1 aromatic carbocycles. The van der Waals surface area contributed by atoms with Crippen molar-refractivity contribution in [2.45, 2.75) is 44.9 Å². The molecular weight excluding hydrogens is 364 g/mol. The molecule has 2 heterocycles. The average Bonchev–Trinajstić information content (AvgIpc) is 2.80. The largest absolute Gasteiger partial charge is 0.378 e. The molecule has 0 spiro atoms. The minimum absolute atomic E-state index is 0.105. The van der Waals surface area contributed by atoms with Gasteiger partial charge in [-0.25, -0.2) is 0 Å². The van der Waals surface area contributed by atoms with Gasteiger partial charge in [0, 0.05) is 38.0 Å². The second kappa shape index (κ2) is 9.75. The molecule has 4 rings (SSSR count). The van der Waals surface area contributed by atoms with Crippen molar-refractivity contribution in [3.05, 3.63) is 35.9 Å². The Morgan fingerprint density at radius 1 is 0.759 bits per heavy atom. The zero-order valence-corrected chi connectivity index (χ0v) is 17.4. The SMILES string of the molecule is O=C(C1CCC(C(=O)N2CCC(Cc3ccccc3)CC2)CC1)N1CCOCC1. The van der Waals surface area contributed by atoms with Crippen LogP contribution in [0.15, 0.2) is 30.3 Å². The second-order valence-electron chi connectivity index (χ2n) is 8.94. The second-order valence-corrected chi connectivity index (χ2v) is 8.94. The zero-order chi connectivity index (χ0) is 20.1. The van der Waals surface area contributed by atoms with Gasteiger partial charge in [0.15, 0.2) is 0 Å². The average molecular weight is 399 g/mol. The van der Waals surface area contributed by atoms with Gasteiger partial charge >= 0.3 is 0 Å². The Morgan fingerprint density at radius 3 is 1.83 bits per heavy atom. The number of rotatable bonds is 4. The van der Waals surface area contributed by atoms with Gasteiger partial charge in [-0.15, -0.1) is 0 Å². The first-order chi connectivity index (χ1) is 14.2. The van der Waals surface area contributed by atoms with Crippen molar-refractivity contribution < 1.29 is 14.3 Å². The number of hydrogen-bond donors (Lipinski definition) is 0. The molecule has 2 amide bonds. The highest BCUT2D eigenvalue weighted by molar-refractivity contribution is 5.81. The number of likely N-dealkylation sites (tertiary alicyclic amines) is 1. The number of morpholine rings is 1. The third-order valence-corrected chi connectivity index (χ3v) is 7.04. The molecule has 0 atom stereocenters. The summed E-state index contributed by atoms with van der Waals surface area (Å²) < 4.78 is 5.35. The zero-order valence-electron chi connectivity index (χ0n) is 17.4. The van der Waals surface area contributed by atoms with Crippen molar-refractivity contribution >= 4 is 11.8 Å². The normalized spacial score (nSPS) is 26.3. The quantitative estimate of drug-likeness (QED) is 0.783. The predicted octanol–water partition coefficient (Wildman–Crippen LogP) is 3.13. The molecule has 1 saturated carbocycles. The van der Waals surface area contributed by atoms with Crippen LogP contribution in [0.25, 0.3) is 0 Å². The molecule has 29 heavy (non-hydrogen) atoms. The van der Waals surface area contributed by atoms with Gasteiger partial charge in [0.2, 0.25) is 11.8 Å². The lowest BCUT2D eigenvalue weighted by Gasteiger charge is -2.37. The van der Waals surface area contributed by atoms with Crippen LogP contribution in [0.2, 0.25) is 0 Å². The van der Waals surface area contributed by atoms with E-state index in [0.29, 0.717) is 25.0 Å². The first-order valence-corrected chi connectivity index (χ1v) is 11.4. The fraction of sp³-hybridized carbons (Fsp3) is 0.667. The van der Waals surface area contributed by atoms with Crippen molar-refractivity contribution in [1.29, 1.82) is 0 Å². The summed E-state index contributed by atoms with van der Waals surface area (Å²) in [4.78, 5) is 29.7. The maximum absolute atomic E-state index is 13.0. The summed E-state index contributed by atoms with van der Waals surface area (Å²) in [5, 5.41) is 0. The van der Waals surface area contributed by atoms with Gasteiger partial charge in [0.25, 0.3) is 0 Å². The third kappa shape index (κ3) is 5.19. The maximum Gasteiger partial charge on any atom is 0.225 e. The molecule has 5 heteroatoms. The van der Waals surface area contributed by atoms with Crippen LogP contribution >= 0.6 is 0 Å². The van der Waals surface area contributed by atoms with Gasteiger partial charge in [-0.3, -0.25) is 9.59 Å². The molecule has 0 bridgehead atoms. The Hall–Kier alpha value is -1.88. The molecule has 1 aliphatic carbocycles. The van der Waals surface area contributed by atoms with E-state index in [0.717, 1.165) is 71.1 Å². The number of carbonyl (C=O) groups excluding carboxylic acids is 2. The Morgan fingerprint density at radius 2 is 1.28 bits per heavy atom. The van der Waals surface area contributed by atoms with Crippen LogP contribution in [-0.2, 0) is 20.7 Å². The summed E-state index contributed by atoms with van der Waals surface area (Å²) in [6.07, 6.45) is 6.77. The Balaban J connectivity index is 1.20. The topological polar surface area (TPSA) is 49.9 Å². The molecule has 3 aliphatic rings. The van der Waals surface area contributed by atoms with Crippen LogP contribution < -0.4 is 0 Å². The minimum atomic E-state index is 0.105. The van der Waals surface area contributed by atoms with E-state index in [1.165, 1.54) is 5.56 Å². The minimum Gasteiger partial charge on any atom is -0.378 e. The highest BCUT2D eigenvalue weighted by Crippen LogP contribution is 2.32. The number of carbonyl (C=O) groups is 2. The number of benzene rings is 1. The molecule has 158 valence electrons. The van der Waals surface area contributed by atoms with Crippen LogP contribution in [0.5, 0.6) is 0 Å². The van der Waals surface area contributed by atoms with Crippen molar-refractivity contribution in [1.82, 2.24) is 9.80 Å². The van der Waals surface area contributed by atoms with E-state index in [2.05, 4.69) is 35.2 Å². The number of amides is 2. The summed E-state index contributed by atoms with van der Waals surface area (Å²) in [5.41, 5.74) is 1.40. The Labute approximate surface area is 174 Å². The number of nitrogens with zero attached hydrogens (tertiary/aromatic N) is 2. The van der Waals surface area contributed by atoms with Crippen molar-refractivity contribution in [3.8, 4) is 0 Å². The highest BCUT2D eigenvalue weighted by atomic mass is 16.5. The summed E-state index contributed by atoms with van der Waals surface area (Å²) >= 11 is 0. The molecule has 5 nitrogen and oxygen atoms in total. The standard InChI is InChI=1S/C24H34N2O3/c27-23(25-12-10-20(11-13-25)18-19-4-2-1-3-5-19)21-6-8-22(9-7-21)24(28)26-14-16-29-17-15-26/h1-5,20-22H,6-18H2.